The molecule has 1 aliphatic heterocycles. The molecule has 0 amide bonds. The Morgan fingerprint density at radius 1 is 1.44 bits per heavy atom. The summed E-state index contributed by atoms with van der Waals surface area (Å²) in [6.45, 7) is 4.06. The van der Waals surface area contributed by atoms with Gasteiger partial charge in [0.25, 0.3) is 5.70 Å². The summed E-state index contributed by atoms with van der Waals surface area (Å²) < 4.78 is 27.8. The summed E-state index contributed by atoms with van der Waals surface area (Å²) in [7, 11) is -1.60. The molecule has 0 fully saturated rings. The minimum Gasteiger partial charge on any atom is -0.345 e. The van der Waals surface area contributed by atoms with E-state index in [0.717, 1.165) is 7.11 Å². The summed E-state index contributed by atoms with van der Waals surface area (Å²) in [4.78, 5) is 13.5. The predicted octanol–water partition coefficient (Wildman–Crippen LogP) is 0.0217. The van der Waals surface area contributed by atoms with E-state index in [4.69, 9.17) is 0 Å². The molecule has 0 N–H and O–H groups in total. The number of nitro groups is 1. The first-order chi connectivity index (χ1) is 8.20. The van der Waals surface area contributed by atoms with E-state index in [9.17, 15) is 18.5 Å². The molecule has 0 saturated heterocycles. The van der Waals surface area contributed by atoms with Gasteiger partial charge < -0.3 is 4.90 Å². The molecular weight excluding hydrogens is 262 g/mol. The van der Waals surface area contributed by atoms with Gasteiger partial charge in [-0.05, 0) is 13.8 Å². The first-order valence-corrected chi connectivity index (χ1v) is 6.75. The molecule has 9 heteroatoms. The number of nitrogens with zero attached hydrogens (tertiary/aromatic N) is 3. The first kappa shape index (κ1) is 14.9. The van der Waals surface area contributed by atoms with Crippen molar-refractivity contribution in [2.45, 2.75) is 19.9 Å². The summed E-state index contributed by atoms with van der Waals surface area (Å²) in [5.74, 6) is 0. The lowest BCUT2D eigenvalue weighted by atomic mass is 10.2. The van der Waals surface area contributed by atoms with Gasteiger partial charge in [-0.15, -0.1) is 0 Å². The maximum atomic E-state index is 11.7. The molecule has 18 heavy (non-hydrogen) atoms. The highest BCUT2D eigenvalue weighted by molar-refractivity contribution is 7.90. The second-order valence-corrected chi connectivity index (χ2v) is 5.94. The van der Waals surface area contributed by atoms with Gasteiger partial charge in [-0.1, -0.05) is 0 Å². The quantitative estimate of drug-likeness (QED) is 0.407. The molecule has 1 aliphatic rings. The zero-order valence-corrected chi connectivity index (χ0v) is 11.6. The Kier molecular flexibility index (Phi) is 4.30. The van der Waals surface area contributed by atoms with E-state index in [0.29, 0.717) is 6.67 Å². The molecule has 0 aliphatic carbocycles. The van der Waals surface area contributed by atoms with Crippen LogP contribution < -0.4 is 0 Å². The van der Waals surface area contributed by atoms with Crippen molar-refractivity contribution in [3.8, 4) is 0 Å². The summed E-state index contributed by atoms with van der Waals surface area (Å²) in [6, 6.07) is 0.0780. The highest BCUT2D eigenvalue weighted by Gasteiger charge is 2.39. The maximum absolute atomic E-state index is 11.7. The van der Waals surface area contributed by atoms with Crippen LogP contribution in [-0.4, -0.2) is 56.6 Å². The van der Waals surface area contributed by atoms with E-state index in [1.807, 2.05) is 13.8 Å². The van der Waals surface area contributed by atoms with Crippen LogP contribution in [0.1, 0.15) is 13.8 Å². The van der Waals surface area contributed by atoms with Gasteiger partial charge in [0.2, 0.25) is 5.03 Å². The highest BCUT2D eigenvalue weighted by Crippen LogP contribution is 2.24. The smallest absolute Gasteiger partial charge is 0.318 e. The van der Waals surface area contributed by atoms with Crippen LogP contribution in [0.2, 0.25) is 0 Å². The second kappa shape index (κ2) is 5.21. The Hall–Kier alpha value is -1.19. The molecular formula is C9H17N3O5S. The molecule has 8 nitrogen and oxygen atoms in total. The zero-order chi connectivity index (χ0) is 14.1. The standard InChI is InChI=1S/C9H17N3O5S/c1-7(2)11-5-8(12(13)14)9(10(3)6-11)18(15,16)17-4/h7H,5-6H2,1-4H3. The summed E-state index contributed by atoms with van der Waals surface area (Å²) in [5.41, 5.74) is -0.362. The molecule has 0 aromatic heterocycles. The van der Waals surface area contributed by atoms with E-state index in [-0.39, 0.29) is 23.3 Å². The average molecular weight is 279 g/mol. The predicted molar refractivity (Wildman–Crippen MR) is 64.4 cm³/mol. The number of rotatable bonds is 4. The molecule has 0 unspecified atom stereocenters. The van der Waals surface area contributed by atoms with E-state index in [1.54, 1.807) is 4.90 Å². The lowest BCUT2D eigenvalue weighted by Crippen LogP contribution is -2.48. The van der Waals surface area contributed by atoms with Crippen molar-refractivity contribution in [3.63, 3.8) is 0 Å². The van der Waals surface area contributed by atoms with Crippen LogP contribution >= 0.6 is 0 Å². The Balaban J connectivity index is 3.32. The van der Waals surface area contributed by atoms with E-state index >= 15 is 0 Å². The van der Waals surface area contributed by atoms with Crippen molar-refractivity contribution in [2.75, 3.05) is 27.4 Å². The fourth-order valence-electron chi connectivity index (χ4n) is 1.76. The second-order valence-electron chi connectivity index (χ2n) is 4.31. The van der Waals surface area contributed by atoms with Crippen molar-refractivity contribution in [1.82, 2.24) is 9.80 Å². The van der Waals surface area contributed by atoms with Gasteiger partial charge in [0.05, 0.1) is 25.2 Å². The van der Waals surface area contributed by atoms with Crippen molar-refractivity contribution >= 4 is 10.1 Å². The van der Waals surface area contributed by atoms with Crippen LogP contribution in [0, 0.1) is 10.1 Å². The third-order valence-electron chi connectivity index (χ3n) is 2.75. The normalized spacial score (nSPS) is 18.6. The van der Waals surface area contributed by atoms with Crippen LogP contribution in [0.25, 0.3) is 0 Å². The molecule has 0 atom stereocenters. The third-order valence-corrected chi connectivity index (χ3v) is 4.21. The van der Waals surface area contributed by atoms with Crippen LogP contribution in [-0.2, 0) is 14.3 Å². The maximum Gasteiger partial charge on any atom is 0.318 e. The minimum atomic E-state index is -4.08. The lowest BCUT2D eigenvalue weighted by molar-refractivity contribution is -0.431. The van der Waals surface area contributed by atoms with Gasteiger partial charge in [0.1, 0.15) is 0 Å². The molecule has 1 heterocycles. The van der Waals surface area contributed by atoms with E-state index in [1.165, 1.54) is 11.9 Å². The van der Waals surface area contributed by atoms with Crippen molar-refractivity contribution < 1.29 is 17.5 Å². The SMILES string of the molecule is COS(=O)(=O)C1=C([N+](=O)[O-])CN(C(C)C)CN1C. The molecule has 0 saturated carbocycles. The molecule has 0 radical (unpaired) electrons. The van der Waals surface area contributed by atoms with Gasteiger partial charge in [0, 0.05) is 13.1 Å². The van der Waals surface area contributed by atoms with E-state index in [2.05, 4.69) is 4.18 Å². The first-order valence-electron chi connectivity index (χ1n) is 5.34. The number of hydrogen-bond donors (Lipinski definition) is 0. The Bertz CT molecular complexity index is 471. The summed E-state index contributed by atoms with van der Waals surface area (Å²) >= 11 is 0. The van der Waals surface area contributed by atoms with Gasteiger partial charge in [0.15, 0.2) is 0 Å². The monoisotopic (exact) mass is 279 g/mol. The highest BCUT2D eigenvalue weighted by atomic mass is 32.2. The van der Waals surface area contributed by atoms with E-state index < -0.39 is 15.0 Å². The van der Waals surface area contributed by atoms with Crippen molar-refractivity contribution in [1.29, 1.82) is 0 Å². The van der Waals surface area contributed by atoms with Crippen LogP contribution in [0.3, 0.4) is 0 Å². The lowest BCUT2D eigenvalue weighted by Gasteiger charge is -2.35. The van der Waals surface area contributed by atoms with Crippen LogP contribution in [0.5, 0.6) is 0 Å². The van der Waals surface area contributed by atoms with Gasteiger partial charge >= 0.3 is 10.1 Å². The third kappa shape index (κ3) is 2.79. The van der Waals surface area contributed by atoms with Crippen molar-refractivity contribution in [2.24, 2.45) is 0 Å². The molecule has 104 valence electrons. The summed E-state index contributed by atoms with van der Waals surface area (Å²) in [6.07, 6.45) is 0. The molecule has 0 aromatic rings. The molecule has 0 spiro atoms. The fourth-order valence-corrected chi connectivity index (χ4v) is 2.79. The Morgan fingerprint density at radius 2 is 2.00 bits per heavy atom. The van der Waals surface area contributed by atoms with Gasteiger partial charge in [-0.2, -0.15) is 8.42 Å². The van der Waals surface area contributed by atoms with Crippen molar-refractivity contribution in [3.05, 3.63) is 20.8 Å². The van der Waals surface area contributed by atoms with Crippen LogP contribution in [0.15, 0.2) is 10.7 Å². The van der Waals surface area contributed by atoms with Gasteiger partial charge in [-0.3, -0.25) is 19.2 Å². The Morgan fingerprint density at radius 3 is 2.39 bits per heavy atom. The number of hydrogen-bond acceptors (Lipinski definition) is 7. The Labute approximate surface area is 106 Å². The topological polar surface area (TPSA) is 93.0 Å². The molecule has 0 aromatic carbocycles. The largest absolute Gasteiger partial charge is 0.345 e. The molecule has 1 rings (SSSR count). The summed E-state index contributed by atoms with van der Waals surface area (Å²) in [5, 5.41) is 10.6. The minimum absolute atomic E-state index is 0.0209. The van der Waals surface area contributed by atoms with Crippen LogP contribution in [0.4, 0.5) is 0 Å². The average Bonchev–Trinajstić information content (AvgIpc) is 2.27. The molecule has 0 bridgehead atoms. The fraction of sp³-hybridized carbons (Fsp3) is 0.778. The van der Waals surface area contributed by atoms with Gasteiger partial charge in [-0.25, -0.2) is 0 Å². The zero-order valence-electron chi connectivity index (χ0n) is 10.8.